The number of anilines is 2. The second-order valence-electron chi connectivity index (χ2n) is 12.0. The fourth-order valence-electron chi connectivity index (χ4n) is 6.19. The van der Waals surface area contributed by atoms with E-state index in [1.165, 1.54) is 11.3 Å². The number of ether oxygens (including phenoxy) is 6. The third kappa shape index (κ3) is 7.22. The van der Waals surface area contributed by atoms with Crippen LogP contribution in [0.3, 0.4) is 0 Å². The predicted octanol–water partition coefficient (Wildman–Crippen LogP) is 2.47. The van der Waals surface area contributed by atoms with Crippen LogP contribution in [-0.4, -0.2) is 98.9 Å². The third-order valence-electron chi connectivity index (χ3n) is 8.81. The Kier molecular flexibility index (Phi) is 10.5. The standard InChI is InChI=1S/C36H39N7O8S/c1-5-50-32(45)29-22(2)37-36-43(30(29)24-7-9-25(46-3)10-8-24)31(44)28(52-36)21-23-6-11-26(27(20-23)47-4)51-35-39-33(41-12-16-48-17-13-41)38-34(40-35)42-14-18-49-19-15-42/h6-11,20-21,30H,5,12-19H2,1-4H3/b28-21-. The second kappa shape index (κ2) is 15.5. The number of carbonyl (C=O) groups excluding carboxylic acids is 1. The predicted molar refractivity (Wildman–Crippen MR) is 192 cm³/mol. The normalized spacial score (nSPS) is 17.8. The number of aromatic nitrogens is 4. The van der Waals surface area contributed by atoms with Crippen LogP contribution < -0.4 is 38.9 Å². The summed E-state index contributed by atoms with van der Waals surface area (Å²) in [5.41, 5.74) is 1.91. The Morgan fingerprint density at radius 2 is 1.56 bits per heavy atom. The van der Waals surface area contributed by atoms with E-state index < -0.39 is 12.0 Å². The van der Waals surface area contributed by atoms with E-state index in [9.17, 15) is 9.59 Å². The van der Waals surface area contributed by atoms with Crippen LogP contribution in [-0.2, 0) is 19.0 Å². The van der Waals surface area contributed by atoms with Crippen molar-refractivity contribution in [1.29, 1.82) is 0 Å². The first kappa shape index (κ1) is 35.1. The summed E-state index contributed by atoms with van der Waals surface area (Å²) < 4.78 is 35.8. The Labute approximate surface area is 303 Å². The lowest BCUT2D eigenvalue weighted by atomic mass is 9.96. The number of allylic oxidation sites excluding steroid dienone is 1. The molecule has 5 heterocycles. The molecule has 4 aromatic rings. The number of hydrogen-bond acceptors (Lipinski definition) is 15. The molecule has 2 aromatic heterocycles. The van der Waals surface area contributed by atoms with Crippen LogP contribution in [0, 0.1) is 0 Å². The number of fused-ring (bicyclic) bond motifs is 1. The number of morpholine rings is 2. The first-order valence-corrected chi connectivity index (χ1v) is 17.8. The third-order valence-corrected chi connectivity index (χ3v) is 9.80. The fraction of sp³-hybridized carbons (Fsp3) is 0.389. The average molecular weight is 730 g/mol. The van der Waals surface area contributed by atoms with Crippen LogP contribution in [0.25, 0.3) is 6.08 Å². The molecule has 0 spiro atoms. The van der Waals surface area contributed by atoms with Gasteiger partial charge in [0.15, 0.2) is 16.3 Å². The zero-order valence-corrected chi connectivity index (χ0v) is 30.2. The molecule has 1 unspecified atom stereocenters. The van der Waals surface area contributed by atoms with Gasteiger partial charge in [0, 0.05) is 26.2 Å². The molecular weight excluding hydrogens is 691 g/mol. The number of carbonyl (C=O) groups is 1. The van der Waals surface area contributed by atoms with Gasteiger partial charge in [-0.1, -0.05) is 29.5 Å². The van der Waals surface area contributed by atoms with E-state index in [1.807, 2.05) is 18.2 Å². The highest BCUT2D eigenvalue weighted by molar-refractivity contribution is 7.07. The molecule has 3 aliphatic rings. The first-order chi connectivity index (χ1) is 25.4. The molecule has 3 aliphatic heterocycles. The highest BCUT2D eigenvalue weighted by atomic mass is 32.1. The average Bonchev–Trinajstić information content (AvgIpc) is 3.48. The van der Waals surface area contributed by atoms with Crippen LogP contribution >= 0.6 is 11.3 Å². The zero-order valence-electron chi connectivity index (χ0n) is 29.4. The number of rotatable bonds is 10. The lowest BCUT2D eigenvalue weighted by Gasteiger charge is -2.30. The van der Waals surface area contributed by atoms with Crippen LogP contribution in [0.2, 0.25) is 0 Å². The largest absolute Gasteiger partial charge is 0.497 e. The number of hydrogen-bond donors (Lipinski definition) is 0. The summed E-state index contributed by atoms with van der Waals surface area (Å²) in [6, 6.07) is 12.0. The molecule has 2 fully saturated rings. The molecule has 0 saturated carbocycles. The quantitative estimate of drug-likeness (QED) is 0.220. The lowest BCUT2D eigenvalue weighted by Crippen LogP contribution is -2.40. The van der Waals surface area contributed by atoms with Crippen molar-refractivity contribution in [2.45, 2.75) is 19.9 Å². The van der Waals surface area contributed by atoms with Gasteiger partial charge in [0.05, 0.1) is 69.1 Å². The van der Waals surface area contributed by atoms with E-state index in [4.69, 9.17) is 33.4 Å². The SMILES string of the molecule is CCOC(=O)C1=C(C)N=c2s/c(=C\c3ccc(Oc4nc(N5CCOCC5)nc(N5CCOCC5)n4)c(OC)c3)c(=O)n2C1c1ccc(OC)cc1. The summed E-state index contributed by atoms with van der Waals surface area (Å²) in [6.07, 6.45) is 1.76. The van der Waals surface area contributed by atoms with Crippen molar-refractivity contribution in [3.8, 4) is 23.3 Å². The maximum absolute atomic E-state index is 14.1. The minimum Gasteiger partial charge on any atom is -0.497 e. The summed E-state index contributed by atoms with van der Waals surface area (Å²) in [4.78, 5) is 50.6. The molecule has 2 saturated heterocycles. The molecule has 52 heavy (non-hydrogen) atoms. The van der Waals surface area contributed by atoms with Gasteiger partial charge in [-0.3, -0.25) is 9.36 Å². The second-order valence-corrected chi connectivity index (χ2v) is 13.0. The molecule has 15 nitrogen and oxygen atoms in total. The number of methoxy groups -OCH3 is 2. The van der Waals surface area contributed by atoms with E-state index >= 15 is 0 Å². The fourth-order valence-corrected chi connectivity index (χ4v) is 7.24. The Morgan fingerprint density at radius 1 is 0.904 bits per heavy atom. The van der Waals surface area contributed by atoms with Gasteiger partial charge in [-0.15, -0.1) is 0 Å². The lowest BCUT2D eigenvalue weighted by molar-refractivity contribution is -0.139. The van der Waals surface area contributed by atoms with Gasteiger partial charge in [0.2, 0.25) is 11.9 Å². The molecule has 272 valence electrons. The smallest absolute Gasteiger partial charge is 0.338 e. The molecule has 0 radical (unpaired) electrons. The van der Waals surface area contributed by atoms with Crippen LogP contribution in [0.1, 0.15) is 31.0 Å². The van der Waals surface area contributed by atoms with Crippen molar-refractivity contribution in [2.75, 3.05) is 83.2 Å². The van der Waals surface area contributed by atoms with E-state index in [1.54, 1.807) is 63.0 Å². The van der Waals surface area contributed by atoms with E-state index in [-0.39, 0.29) is 18.2 Å². The monoisotopic (exact) mass is 729 g/mol. The Hall–Kier alpha value is -5.32. The van der Waals surface area contributed by atoms with Crippen molar-refractivity contribution in [3.05, 3.63) is 84.5 Å². The topological polar surface area (TPSA) is 152 Å². The summed E-state index contributed by atoms with van der Waals surface area (Å²) in [6.45, 7) is 8.61. The maximum Gasteiger partial charge on any atom is 0.338 e. The molecular formula is C36H39N7O8S. The number of nitrogens with zero attached hydrogens (tertiary/aromatic N) is 7. The summed E-state index contributed by atoms with van der Waals surface area (Å²) in [5.74, 6) is 1.96. The van der Waals surface area contributed by atoms with E-state index in [0.29, 0.717) is 108 Å². The minimum atomic E-state index is -0.737. The number of benzene rings is 2. The molecule has 1 atom stereocenters. The van der Waals surface area contributed by atoms with Crippen LogP contribution in [0.4, 0.5) is 11.9 Å². The summed E-state index contributed by atoms with van der Waals surface area (Å²) in [7, 11) is 3.12. The minimum absolute atomic E-state index is 0.128. The number of thiazole rings is 1. The van der Waals surface area contributed by atoms with Gasteiger partial charge in [-0.2, -0.15) is 15.0 Å². The molecule has 0 aliphatic carbocycles. The van der Waals surface area contributed by atoms with Gasteiger partial charge in [0.1, 0.15) is 5.75 Å². The van der Waals surface area contributed by atoms with Gasteiger partial charge >= 0.3 is 12.0 Å². The molecule has 0 amide bonds. The van der Waals surface area contributed by atoms with Gasteiger partial charge in [-0.05, 0) is 55.3 Å². The highest BCUT2D eigenvalue weighted by Gasteiger charge is 2.33. The van der Waals surface area contributed by atoms with Crippen LogP contribution in [0.5, 0.6) is 23.3 Å². The van der Waals surface area contributed by atoms with Crippen molar-refractivity contribution >= 4 is 35.3 Å². The molecule has 0 N–H and O–H groups in total. The molecule has 16 heteroatoms. The van der Waals surface area contributed by atoms with Crippen molar-refractivity contribution in [2.24, 2.45) is 4.99 Å². The molecule has 7 rings (SSSR count). The van der Waals surface area contributed by atoms with Crippen LogP contribution in [0.15, 0.2) is 63.5 Å². The van der Waals surface area contributed by atoms with Crippen molar-refractivity contribution in [1.82, 2.24) is 19.5 Å². The summed E-state index contributed by atoms with van der Waals surface area (Å²) in [5, 5.41) is 0. The van der Waals surface area contributed by atoms with E-state index in [0.717, 1.165) is 5.56 Å². The summed E-state index contributed by atoms with van der Waals surface area (Å²) >= 11 is 1.24. The molecule has 0 bridgehead atoms. The first-order valence-electron chi connectivity index (χ1n) is 17.0. The van der Waals surface area contributed by atoms with Gasteiger partial charge in [0.25, 0.3) is 5.56 Å². The zero-order chi connectivity index (χ0) is 36.2. The number of esters is 1. The highest BCUT2D eigenvalue weighted by Crippen LogP contribution is 2.34. The van der Waals surface area contributed by atoms with Crippen molar-refractivity contribution in [3.63, 3.8) is 0 Å². The maximum atomic E-state index is 14.1. The van der Waals surface area contributed by atoms with Gasteiger partial charge < -0.3 is 38.2 Å². The van der Waals surface area contributed by atoms with Crippen molar-refractivity contribution < 1.29 is 33.2 Å². The Morgan fingerprint density at radius 3 is 2.15 bits per heavy atom. The van der Waals surface area contributed by atoms with E-state index in [2.05, 4.69) is 24.8 Å². The Balaban J connectivity index is 1.23. The molecule has 2 aromatic carbocycles. The van der Waals surface area contributed by atoms with Gasteiger partial charge in [-0.25, -0.2) is 9.79 Å². The Bertz CT molecular complexity index is 2120.